The third kappa shape index (κ3) is 2.58. The van der Waals surface area contributed by atoms with Crippen molar-refractivity contribution in [3.05, 3.63) is 65.5 Å². The zero-order valence-corrected chi connectivity index (χ0v) is 11.9. The van der Waals surface area contributed by atoms with Crippen LogP contribution >= 0.6 is 0 Å². The van der Waals surface area contributed by atoms with Crippen LogP contribution in [-0.2, 0) is 6.54 Å². The summed E-state index contributed by atoms with van der Waals surface area (Å²) >= 11 is 0. The van der Waals surface area contributed by atoms with Crippen LogP contribution in [0.15, 0.2) is 48.8 Å². The number of aromatic nitrogens is 2. The summed E-state index contributed by atoms with van der Waals surface area (Å²) in [4.78, 5) is 7.52. The second-order valence-electron chi connectivity index (χ2n) is 5.23. The molecule has 0 saturated heterocycles. The Balaban J connectivity index is 1.71. The van der Waals surface area contributed by atoms with Gasteiger partial charge in [-0.1, -0.05) is 29.8 Å². The van der Waals surface area contributed by atoms with Crippen LogP contribution in [0.5, 0.6) is 0 Å². The van der Waals surface area contributed by atoms with Crippen LogP contribution in [0, 0.1) is 6.92 Å². The lowest BCUT2D eigenvalue weighted by molar-refractivity contribution is 0.576. The van der Waals surface area contributed by atoms with Gasteiger partial charge in [0.05, 0.1) is 0 Å². The minimum absolute atomic E-state index is 0.331. The Bertz CT molecular complexity index is 698. The fourth-order valence-corrected chi connectivity index (χ4v) is 2.39. The van der Waals surface area contributed by atoms with Gasteiger partial charge in [0.2, 0.25) is 0 Å². The molecule has 20 heavy (non-hydrogen) atoms. The maximum atomic E-state index is 4.31. The highest BCUT2D eigenvalue weighted by atomic mass is 14.9. The van der Waals surface area contributed by atoms with Gasteiger partial charge in [0, 0.05) is 30.4 Å². The number of H-pyrrole nitrogens is 1. The molecule has 0 bridgehead atoms. The summed E-state index contributed by atoms with van der Waals surface area (Å²) in [7, 11) is 0. The van der Waals surface area contributed by atoms with E-state index in [1.54, 1.807) is 0 Å². The van der Waals surface area contributed by atoms with Crippen molar-refractivity contribution in [2.75, 3.05) is 0 Å². The maximum absolute atomic E-state index is 4.31. The Kier molecular flexibility index (Phi) is 3.52. The van der Waals surface area contributed by atoms with Crippen molar-refractivity contribution < 1.29 is 0 Å². The number of fused-ring (bicyclic) bond motifs is 1. The van der Waals surface area contributed by atoms with E-state index in [-0.39, 0.29) is 0 Å². The van der Waals surface area contributed by atoms with Gasteiger partial charge in [0.15, 0.2) is 0 Å². The van der Waals surface area contributed by atoms with Crippen molar-refractivity contribution in [1.29, 1.82) is 0 Å². The molecule has 2 N–H and O–H groups in total. The standard InChI is InChI=1S/C17H19N3/c1-12-5-7-14(8-6-12)13(2)19-10-15-11-20-17-16(15)4-3-9-18-17/h3-9,11,13,19H,10H2,1-2H3,(H,18,20). The lowest BCUT2D eigenvalue weighted by Gasteiger charge is -2.14. The lowest BCUT2D eigenvalue weighted by Crippen LogP contribution is -2.17. The number of benzene rings is 1. The predicted molar refractivity (Wildman–Crippen MR) is 82.5 cm³/mol. The molecule has 0 aliphatic heterocycles. The molecule has 3 aromatic rings. The van der Waals surface area contributed by atoms with E-state index in [2.05, 4.69) is 59.5 Å². The molecule has 1 atom stereocenters. The zero-order chi connectivity index (χ0) is 13.9. The van der Waals surface area contributed by atoms with Crippen LogP contribution in [0.1, 0.15) is 29.7 Å². The number of rotatable bonds is 4. The minimum Gasteiger partial charge on any atom is -0.346 e. The lowest BCUT2D eigenvalue weighted by atomic mass is 10.1. The highest BCUT2D eigenvalue weighted by molar-refractivity contribution is 5.79. The van der Waals surface area contributed by atoms with Gasteiger partial charge in [-0.2, -0.15) is 0 Å². The fraction of sp³-hybridized carbons (Fsp3) is 0.235. The Morgan fingerprint density at radius 3 is 2.80 bits per heavy atom. The van der Waals surface area contributed by atoms with E-state index in [1.807, 2.05) is 18.5 Å². The summed E-state index contributed by atoms with van der Waals surface area (Å²) in [6.45, 7) is 5.14. The summed E-state index contributed by atoms with van der Waals surface area (Å²) in [6, 6.07) is 13.1. The first-order valence-electron chi connectivity index (χ1n) is 6.95. The number of nitrogens with zero attached hydrogens (tertiary/aromatic N) is 1. The average Bonchev–Trinajstić information content (AvgIpc) is 2.89. The molecular formula is C17H19N3. The smallest absolute Gasteiger partial charge is 0.137 e. The molecule has 2 heterocycles. The number of hydrogen-bond acceptors (Lipinski definition) is 2. The SMILES string of the molecule is Cc1ccc(C(C)NCc2c[nH]c3ncccc23)cc1. The largest absolute Gasteiger partial charge is 0.346 e. The van der Waals surface area contributed by atoms with E-state index < -0.39 is 0 Å². The van der Waals surface area contributed by atoms with Crippen LogP contribution in [-0.4, -0.2) is 9.97 Å². The first-order valence-corrected chi connectivity index (χ1v) is 6.95. The molecule has 3 nitrogen and oxygen atoms in total. The van der Waals surface area contributed by atoms with E-state index in [0.29, 0.717) is 6.04 Å². The predicted octanol–water partition coefficient (Wildman–Crippen LogP) is 3.72. The van der Waals surface area contributed by atoms with E-state index in [0.717, 1.165) is 12.2 Å². The van der Waals surface area contributed by atoms with Gasteiger partial charge in [0.25, 0.3) is 0 Å². The quantitative estimate of drug-likeness (QED) is 0.754. The van der Waals surface area contributed by atoms with Crippen LogP contribution in [0.3, 0.4) is 0 Å². The van der Waals surface area contributed by atoms with Gasteiger partial charge in [0.1, 0.15) is 5.65 Å². The first-order chi connectivity index (χ1) is 9.74. The summed E-state index contributed by atoms with van der Waals surface area (Å²) in [5.41, 5.74) is 4.82. The number of nitrogens with one attached hydrogen (secondary N) is 2. The van der Waals surface area contributed by atoms with Gasteiger partial charge < -0.3 is 10.3 Å². The Hall–Kier alpha value is -2.13. The van der Waals surface area contributed by atoms with E-state index in [1.165, 1.54) is 22.1 Å². The number of hydrogen-bond donors (Lipinski definition) is 2. The average molecular weight is 265 g/mol. The van der Waals surface area contributed by atoms with Crippen LogP contribution < -0.4 is 5.32 Å². The Morgan fingerprint density at radius 1 is 1.20 bits per heavy atom. The Labute approximate surface area is 119 Å². The minimum atomic E-state index is 0.331. The summed E-state index contributed by atoms with van der Waals surface area (Å²) in [6.07, 6.45) is 3.84. The zero-order valence-electron chi connectivity index (χ0n) is 11.9. The number of aromatic amines is 1. The van der Waals surface area contributed by atoms with Crippen molar-refractivity contribution in [2.24, 2.45) is 0 Å². The van der Waals surface area contributed by atoms with Crippen molar-refractivity contribution in [1.82, 2.24) is 15.3 Å². The van der Waals surface area contributed by atoms with Crippen LogP contribution in [0.2, 0.25) is 0 Å². The highest BCUT2D eigenvalue weighted by Crippen LogP contribution is 2.18. The van der Waals surface area contributed by atoms with Gasteiger partial charge in [-0.05, 0) is 37.1 Å². The van der Waals surface area contributed by atoms with E-state index >= 15 is 0 Å². The molecule has 0 fully saturated rings. The molecule has 3 rings (SSSR count). The number of pyridine rings is 1. The number of aryl methyl sites for hydroxylation is 1. The second kappa shape index (κ2) is 5.47. The van der Waals surface area contributed by atoms with Gasteiger partial charge in [-0.3, -0.25) is 0 Å². The molecule has 0 radical (unpaired) electrons. The maximum Gasteiger partial charge on any atom is 0.137 e. The molecule has 102 valence electrons. The van der Waals surface area contributed by atoms with Gasteiger partial charge in [-0.25, -0.2) is 4.98 Å². The van der Waals surface area contributed by atoms with E-state index in [4.69, 9.17) is 0 Å². The second-order valence-corrected chi connectivity index (χ2v) is 5.23. The molecule has 0 saturated carbocycles. The van der Waals surface area contributed by atoms with Crippen molar-refractivity contribution in [2.45, 2.75) is 26.4 Å². The summed E-state index contributed by atoms with van der Waals surface area (Å²) < 4.78 is 0. The molecule has 0 aliphatic carbocycles. The molecule has 0 amide bonds. The molecule has 1 unspecified atom stereocenters. The molecule has 0 spiro atoms. The van der Waals surface area contributed by atoms with E-state index in [9.17, 15) is 0 Å². The topological polar surface area (TPSA) is 40.7 Å². The van der Waals surface area contributed by atoms with Crippen LogP contribution in [0.25, 0.3) is 11.0 Å². The highest BCUT2D eigenvalue weighted by Gasteiger charge is 2.07. The molecule has 2 aromatic heterocycles. The molecule has 3 heteroatoms. The Morgan fingerprint density at radius 2 is 2.00 bits per heavy atom. The normalized spacial score (nSPS) is 12.7. The summed E-state index contributed by atoms with van der Waals surface area (Å²) in [5.74, 6) is 0. The first kappa shape index (κ1) is 12.9. The third-order valence-electron chi connectivity index (χ3n) is 3.71. The fourth-order valence-electron chi connectivity index (χ4n) is 2.39. The monoisotopic (exact) mass is 265 g/mol. The molecule has 1 aromatic carbocycles. The molecular weight excluding hydrogens is 246 g/mol. The molecule has 0 aliphatic rings. The summed E-state index contributed by atoms with van der Waals surface area (Å²) in [5, 5.41) is 4.76. The van der Waals surface area contributed by atoms with Crippen molar-refractivity contribution in [3.63, 3.8) is 0 Å². The third-order valence-corrected chi connectivity index (χ3v) is 3.71. The van der Waals surface area contributed by atoms with Crippen molar-refractivity contribution in [3.8, 4) is 0 Å². The van der Waals surface area contributed by atoms with Gasteiger partial charge in [-0.15, -0.1) is 0 Å². The van der Waals surface area contributed by atoms with Crippen molar-refractivity contribution >= 4 is 11.0 Å². The van der Waals surface area contributed by atoms with Crippen LogP contribution in [0.4, 0.5) is 0 Å². The van der Waals surface area contributed by atoms with Gasteiger partial charge >= 0.3 is 0 Å².